The van der Waals surface area contributed by atoms with E-state index in [-0.39, 0.29) is 12.7 Å². The second-order valence-electron chi connectivity index (χ2n) is 5.89. The fourth-order valence-corrected chi connectivity index (χ4v) is 3.22. The Morgan fingerprint density at radius 2 is 2.18 bits per heavy atom. The number of amides is 1. The molecular formula is C17H24N2O3. The summed E-state index contributed by atoms with van der Waals surface area (Å²) in [5, 5.41) is 3.29. The minimum Gasteiger partial charge on any atom is -0.454 e. The van der Waals surface area contributed by atoms with Gasteiger partial charge in [-0.2, -0.15) is 0 Å². The summed E-state index contributed by atoms with van der Waals surface area (Å²) in [5.41, 5.74) is 0.961. The van der Waals surface area contributed by atoms with E-state index in [9.17, 15) is 4.79 Å². The van der Waals surface area contributed by atoms with Crippen molar-refractivity contribution in [3.63, 3.8) is 0 Å². The van der Waals surface area contributed by atoms with Gasteiger partial charge in [-0.15, -0.1) is 0 Å². The maximum absolute atomic E-state index is 12.4. The van der Waals surface area contributed by atoms with Crippen LogP contribution in [-0.2, 0) is 4.79 Å². The average Bonchev–Trinajstić information content (AvgIpc) is 3.02. The summed E-state index contributed by atoms with van der Waals surface area (Å²) >= 11 is 0. The largest absolute Gasteiger partial charge is 0.454 e. The van der Waals surface area contributed by atoms with Crippen LogP contribution in [0.15, 0.2) is 18.2 Å². The molecule has 1 N–H and O–H groups in total. The molecule has 1 saturated heterocycles. The summed E-state index contributed by atoms with van der Waals surface area (Å²) in [6.07, 6.45) is 5.12. The number of carbonyl (C=O) groups excluding carboxylic acids is 1. The van der Waals surface area contributed by atoms with Crippen molar-refractivity contribution in [2.45, 2.75) is 45.1 Å². The van der Waals surface area contributed by atoms with Gasteiger partial charge in [0.05, 0.1) is 0 Å². The first kappa shape index (κ1) is 15.0. The van der Waals surface area contributed by atoms with E-state index in [0.29, 0.717) is 19.0 Å². The van der Waals surface area contributed by atoms with Gasteiger partial charge in [-0.25, -0.2) is 0 Å². The molecule has 120 valence electrons. The average molecular weight is 304 g/mol. The fraction of sp³-hybridized carbons (Fsp3) is 0.588. The highest BCUT2D eigenvalue weighted by atomic mass is 16.7. The highest BCUT2D eigenvalue weighted by molar-refractivity contribution is 5.77. The van der Waals surface area contributed by atoms with Crippen LogP contribution in [-0.4, -0.2) is 36.7 Å². The summed E-state index contributed by atoms with van der Waals surface area (Å²) in [7, 11) is 0. The lowest BCUT2D eigenvalue weighted by Gasteiger charge is -2.35. The van der Waals surface area contributed by atoms with Crippen LogP contribution in [0.25, 0.3) is 0 Å². The van der Waals surface area contributed by atoms with Crippen LogP contribution >= 0.6 is 0 Å². The van der Waals surface area contributed by atoms with E-state index in [1.165, 1.54) is 6.42 Å². The highest BCUT2D eigenvalue weighted by Crippen LogP contribution is 2.34. The molecule has 2 heterocycles. The number of fused-ring (bicyclic) bond motifs is 1. The smallest absolute Gasteiger partial charge is 0.231 e. The van der Waals surface area contributed by atoms with Gasteiger partial charge in [-0.05, 0) is 37.8 Å². The third-order valence-electron chi connectivity index (χ3n) is 4.46. The van der Waals surface area contributed by atoms with Crippen molar-refractivity contribution in [3.8, 4) is 11.5 Å². The number of benzene rings is 1. The monoisotopic (exact) mass is 304 g/mol. The van der Waals surface area contributed by atoms with Crippen molar-refractivity contribution in [1.29, 1.82) is 0 Å². The first-order chi connectivity index (χ1) is 10.8. The molecule has 1 fully saturated rings. The van der Waals surface area contributed by atoms with E-state index in [1.54, 1.807) is 0 Å². The Hall–Kier alpha value is -1.91. The predicted octanol–water partition coefficient (Wildman–Crippen LogP) is 3.01. The number of ether oxygens (including phenoxy) is 2. The van der Waals surface area contributed by atoms with Crippen molar-refractivity contribution in [3.05, 3.63) is 18.2 Å². The Bertz CT molecular complexity index is 533. The zero-order chi connectivity index (χ0) is 15.4. The summed E-state index contributed by atoms with van der Waals surface area (Å²) in [6.45, 7) is 4.01. The number of rotatable bonds is 5. The Balaban J connectivity index is 1.49. The van der Waals surface area contributed by atoms with Crippen LogP contribution in [0.1, 0.15) is 39.0 Å². The summed E-state index contributed by atoms with van der Waals surface area (Å²) in [4.78, 5) is 14.5. The molecule has 5 nitrogen and oxygen atoms in total. The van der Waals surface area contributed by atoms with Gasteiger partial charge in [0.15, 0.2) is 11.5 Å². The molecule has 0 aromatic heterocycles. The number of carbonyl (C=O) groups is 1. The minimum absolute atomic E-state index is 0.264. The third kappa shape index (κ3) is 3.29. The molecule has 2 aliphatic rings. The quantitative estimate of drug-likeness (QED) is 0.908. The van der Waals surface area contributed by atoms with E-state index in [4.69, 9.17) is 9.47 Å². The van der Waals surface area contributed by atoms with Gasteiger partial charge in [-0.1, -0.05) is 6.92 Å². The van der Waals surface area contributed by atoms with Crippen LogP contribution in [0.2, 0.25) is 0 Å². The van der Waals surface area contributed by atoms with Gasteiger partial charge >= 0.3 is 0 Å². The van der Waals surface area contributed by atoms with E-state index in [0.717, 1.165) is 43.0 Å². The van der Waals surface area contributed by atoms with E-state index in [2.05, 4.69) is 17.1 Å². The molecule has 1 unspecified atom stereocenters. The standard InChI is InChI=1S/C17H24N2O3/c1-2-14-5-3-4-10-19(14)17(20)8-9-18-13-6-7-15-16(11-13)22-12-21-15/h6-7,11,14,18H,2-5,8-10,12H2,1H3. The van der Waals surface area contributed by atoms with Crippen LogP contribution in [0.5, 0.6) is 11.5 Å². The Morgan fingerprint density at radius 1 is 1.32 bits per heavy atom. The molecule has 1 aromatic carbocycles. The predicted molar refractivity (Wildman–Crippen MR) is 85.3 cm³/mol. The number of hydrogen-bond acceptors (Lipinski definition) is 4. The van der Waals surface area contributed by atoms with Crippen LogP contribution < -0.4 is 14.8 Å². The number of piperidine rings is 1. The van der Waals surface area contributed by atoms with E-state index in [1.807, 2.05) is 18.2 Å². The van der Waals surface area contributed by atoms with Crippen molar-refractivity contribution >= 4 is 11.6 Å². The minimum atomic E-state index is 0.264. The lowest BCUT2D eigenvalue weighted by molar-refractivity contribution is -0.134. The number of likely N-dealkylation sites (tertiary alicyclic amines) is 1. The normalized spacial score (nSPS) is 20.0. The van der Waals surface area contributed by atoms with Gasteiger partial charge in [-0.3, -0.25) is 4.79 Å². The maximum atomic E-state index is 12.4. The Labute approximate surface area is 131 Å². The molecule has 0 radical (unpaired) electrons. The number of nitrogens with zero attached hydrogens (tertiary/aromatic N) is 1. The molecule has 0 spiro atoms. The van der Waals surface area contributed by atoms with Crippen molar-refractivity contribution < 1.29 is 14.3 Å². The second kappa shape index (κ2) is 6.90. The molecule has 0 aliphatic carbocycles. The highest BCUT2D eigenvalue weighted by Gasteiger charge is 2.24. The van der Waals surface area contributed by atoms with Gasteiger partial charge in [0.1, 0.15) is 0 Å². The molecule has 1 aromatic rings. The molecular weight excluding hydrogens is 280 g/mol. The number of hydrogen-bond donors (Lipinski definition) is 1. The molecule has 1 amide bonds. The van der Waals surface area contributed by atoms with Crippen molar-refractivity contribution in [2.24, 2.45) is 0 Å². The van der Waals surface area contributed by atoms with Crippen LogP contribution in [0.4, 0.5) is 5.69 Å². The molecule has 0 bridgehead atoms. The van der Waals surface area contributed by atoms with Crippen LogP contribution in [0, 0.1) is 0 Å². The molecule has 0 saturated carbocycles. The SMILES string of the molecule is CCC1CCCCN1C(=O)CCNc1ccc2c(c1)OCO2. The first-order valence-corrected chi connectivity index (χ1v) is 8.21. The molecule has 3 rings (SSSR count). The number of anilines is 1. The van der Waals surface area contributed by atoms with Gasteiger partial charge < -0.3 is 19.7 Å². The van der Waals surface area contributed by atoms with Crippen molar-refractivity contribution in [2.75, 3.05) is 25.2 Å². The summed E-state index contributed by atoms with van der Waals surface area (Å²) < 4.78 is 10.6. The lowest BCUT2D eigenvalue weighted by atomic mass is 9.99. The van der Waals surface area contributed by atoms with E-state index < -0.39 is 0 Å². The van der Waals surface area contributed by atoms with Crippen LogP contribution in [0.3, 0.4) is 0 Å². The number of nitrogens with one attached hydrogen (secondary N) is 1. The zero-order valence-electron chi connectivity index (χ0n) is 13.1. The van der Waals surface area contributed by atoms with Crippen molar-refractivity contribution in [1.82, 2.24) is 4.90 Å². The molecule has 5 heteroatoms. The summed E-state index contributed by atoms with van der Waals surface area (Å²) in [6, 6.07) is 6.20. The molecule has 1 atom stereocenters. The Morgan fingerprint density at radius 3 is 3.05 bits per heavy atom. The van der Waals surface area contributed by atoms with E-state index >= 15 is 0 Å². The fourth-order valence-electron chi connectivity index (χ4n) is 3.22. The maximum Gasteiger partial charge on any atom is 0.231 e. The topological polar surface area (TPSA) is 50.8 Å². The lowest BCUT2D eigenvalue weighted by Crippen LogP contribution is -2.43. The zero-order valence-corrected chi connectivity index (χ0v) is 13.1. The first-order valence-electron chi connectivity index (χ1n) is 8.21. The van der Waals surface area contributed by atoms with Gasteiger partial charge in [0.2, 0.25) is 12.7 Å². The molecule has 2 aliphatic heterocycles. The third-order valence-corrected chi connectivity index (χ3v) is 4.46. The second-order valence-corrected chi connectivity index (χ2v) is 5.89. The summed E-state index contributed by atoms with van der Waals surface area (Å²) in [5.74, 6) is 1.80. The van der Waals surface area contributed by atoms with Gasteiger partial charge in [0.25, 0.3) is 0 Å². The molecule has 22 heavy (non-hydrogen) atoms. The Kier molecular flexibility index (Phi) is 4.71. The van der Waals surface area contributed by atoms with Gasteiger partial charge in [0, 0.05) is 37.3 Å².